The van der Waals surface area contributed by atoms with Crippen LogP contribution in [-0.2, 0) is 4.43 Å². The first-order chi connectivity index (χ1) is 12.7. The van der Waals surface area contributed by atoms with Gasteiger partial charge in [-0.05, 0) is 56.7 Å². The zero-order valence-corrected chi connectivity index (χ0v) is 20.5. The van der Waals surface area contributed by atoms with Gasteiger partial charge in [-0.1, -0.05) is 91.2 Å². The van der Waals surface area contributed by atoms with E-state index in [1.54, 1.807) is 0 Å². The van der Waals surface area contributed by atoms with Crippen LogP contribution >= 0.6 is 0 Å². The zero-order valence-electron chi connectivity index (χ0n) is 19.5. The highest BCUT2D eigenvalue weighted by Gasteiger charge is 2.38. The monoisotopic (exact) mass is 398 g/mol. The molecule has 1 atom stereocenters. The Labute approximate surface area is 172 Å². The summed E-state index contributed by atoms with van der Waals surface area (Å²) in [7, 11) is -1.83. The molecule has 0 heterocycles. The van der Waals surface area contributed by atoms with Crippen LogP contribution in [0.4, 0.5) is 0 Å². The topological polar surface area (TPSA) is 29.5 Å². The summed E-state index contributed by atoms with van der Waals surface area (Å²) in [4.78, 5) is 0. The molecule has 0 saturated heterocycles. The van der Waals surface area contributed by atoms with Gasteiger partial charge in [0.05, 0.1) is 0 Å². The van der Waals surface area contributed by atoms with E-state index >= 15 is 0 Å². The van der Waals surface area contributed by atoms with Gasteiger partial charge in [0.15, 0.2) is 8.32 Å². The van der Waals surface area contributed by atoms with Crippen molar-refractivity contribution in [1.29, 1.82) is 0 Å². The van der Waals surface area contributed by atoms with Gasteiger partial charge in [-0.15, -0.1) is 0 Å². The summed E-state index contributed by atoms with van der Waals surface area (Å²) in [5.41, 5.74) is 0. The number of rotatable bonds is 17. The van der Waals surface area contributed by atoms with Crippen molar-refractivity contribution < 1.29 is 9.53 Å². The highest BCUT2D eigenvalue weighted by molar-refractivity contribution is 6.74. The van der Waals surface area contributed by atoms with E-state index in [9.17, 15) is 5.11 Å². The number of aliphatic hydroxyl groups excluding tert-OH is 1. The Bertz CT molecular complexity index is 358. The van der Waals surface area contributed by atoms with Gasteiger partial charge in [-0.25, -0.2) is 0 Å². The minimum absolute atomic E-state index is 0.163. The fourth-order valence-electron chi connectivity index (χ4n) is 2.97. The van der Waals surface area contributed by atoms with Crippen molar-refractivity contribution >= 4 is 8.32 Å². The normalized spacial score (nSPS) is 14.2. The summed E-state index contributed by atoms with van der Waals surface area (Å²) in [5, 5.41) is 10.3. The molecule has 27 heavy (non-hydrogen) atoms. The summed E-state index contributed by atoms with van der Waals surface area (Å²) < 4.78 is 6.01. The standard InChI is InChI=1S/C24H50O2Si/c1-7-8-9-10-11-12-13-14-15-16-17-18-19-20-21-22-23(25)26-27(5,6)24(2,3)4/h14-15,23,25H,7-13,16-22H2,1-6H3. The first-order valence-electron chi connectivity index (χ1n) is 11.7. The van der Waals surface area contributed by atoms with Gasteiger partial charge in [-0.2, -0.15) is 0 Å². The molecule has 0 aliphatic rings. The van der Waals surface area contributed by atoms with Crippen LogP contribution in [0.2, 0.25) is 18.1 Å². The third kappa shape index (κ3) is 15.5. The van der Waals surface area contributed by atoms with Crippen molar-refractivity contribution in [3.05, 3.63) is 12.2 Å². The fraction of sp³-hybridized carbons (Fsp3) is 0.917. The highest BCUT2D eigenvalue weighted by atomic mass is 28.4. The van der Waals surface area contributed by atoms with Gasteiger partial charge in [-0.3, -0.25) is 0 Å². The molecule has 0 aromatic carbocycles. The van der Waals surface area contributed by atoms with Crippen molar-refractivity contribution in [2.24, 2.45) is 0 Å². The molecule has 0 spiro atoms. The summed E-state index contributed by atoms with van der Waals surface area (Å²) in [6.45, 7) is 13.3. The third-order valence-corrected chi connectivity index (χ3v) is 10.4. The molecule has 0 aromatic rings. The second-order valence-electron chi connectivity index (χ2n) is 9.71. The number of aliphatic hydroxyl groups is 1. The van der Waals surface area contributed by atoms with Crippen molar-refractivity contribution in [3.8, 4) is 0 Å². The molecular weight excluding hydrogens is 348 g/mol. The minimum Gasteiger partial charge on any atom is -0.392 e. The molecule has 162 valence electrons. The van der Waals surface area contributed by atoms with Crippen LogP contribution in [0.15, 0.2) is 12.2 Å². The number of unbranched alkanes of at least 4 members (excludes halogenated alkanes) is 11. The summed E-state index contributed by atoms with van der Waals surface area (Å²) in [6.07, 6.45) is 22.0. The Morgan fingerprint density at radius 3 is 1.70 bits per heavy atom. The van der Waals surface area contributed by atoms with E-state index in [1.807, 2.05) is 0 Å². The lowest BCUT2D eigenvalue weighted by molar-refractivity contribution is -0.0352. The second kappa shape index (κ2) is 15.8. The van der Waals surface area contributed by atoms with Crippen molar-refractivity contribution in [3.63, 3.8) is 0 Å². The lowest BCUT2D eigenvalue weighted by atomic mass is 10.1. The van der Waals surface area contributed by atoms with E-state index in [0.717, 1.165) is 12.8 Å². The molecule has 0 amide bonds. The van der Waals surface area contributed by atoms with Gasteiger partial charge in [0.2, 0.25) is 0 Å². The molecule has 0 bridgehead atoms. The van der Waals surface area contributed by atoms with E-state index in [2.05, 4.69) is 52.9 Å². The van der Waals surface area contributed by atoms with Crippen molar-refractivity contribution in [1.82, 2.24) is 0 Å². The van der Waals surface area contributed by atoms with Crippen LogP contribution in [0.1, 0.15) is 118 Å². The molecule has 1 N–H and O–H groups in total. The predicted molar refractivity (Wildman–Crippen MR) is 124 cm³/mol. The zero-order chi connectivity index (χ0) is 20.6. The summed E-state index contributed by atoms with van der Waals surface area (Å²) in [5.74, 6) is 0. The smallest absolute Gasteiger partial charge is 0.195 e. The van der Waals surface area contributed by atoms with E-state index in [4.69, 9.17) is 4.43 Å². The maximum absolute atomic E-state index is 10.2. The fourth-order valence-corrected chi connectivity index (χ4v) is 4.12. The molecule has 3 heteroatoms. The van der Waals surface area contributed by atoms with Crippen LogP contribution < -0.4 is 0 Å². The van der Waals surface area contributed by atoms with E-state index in [0.29, 0.717) is 0 Å². The first-order valence-corrected chi connectivity index (χ1v) is 14.6. The van der Waals surface area contributed by atoms with Gasteiger partial charge < -0.3 is 9.53 Å². The largest absolute Gasteiger partial charge is 0.392 e. The average Bonchev–Trinajstić information content (AvgIpc) is 2.57. The van der Waals surface area contributed by atoms with Crippen LogP contribution in [0.5, 0.6) is 0 Å². The molecule has 0 aliphatic carbocycles. The molecule has 0 fully saturated rings. The van der Waals surface area contributed by atoms with Crippen molar-refractivity contribution in [2.45, 2.75) is 142 Å². The highest BCUT2D eigenvalue weighted by Crippen LogP contribution is 2.37. The SMILES string of the molecule is CCCCCCCCC=CCCCCCCCC(O)O[Si](C)(C)C(C)(C)C. The summed E-state index contributed by atoms with van der Waals surface area (Å²) in [6, 6.07) is 0. The molecular formula is C24H50O2Si. The quantitative estimate of drug-likeness (QED) is 0.115. The van der Waals surface area contributed by atoms with Crippen LogP contribution in [-0.4, -0.2) is 19.7 Å². The van der Waals surface area contributed by atoms with Gasteiger partial charge in [0, 0.05) is 0 Å². The van der Waals surface area contributed by atoms with Gasteiger partial charge in [0.25, 0.3) is 0 Å². The maximum Gasteiger partial charge on any atom is 0.195 e. The first kappa shape index (κ1) is 26.9. The maximum atomic E-state index is 10.2. The minimum atomic E-state index is -1.83. The predicted octanol–water partition coefficient (Wildman–Crippen LogP) is 8.36. The summed E-state index contributed by atoms with van der Waals surface area (Å²) >= 11 is 0. The Morgan fingerprint density at radius 2 is 1.22 bits per heavy atom. The molecule has 2 nitrogen and oxygen atoms in total. The van der Waals surface area contributed by atoms with Gasteiger partial charge in [0.1, 0.15) is 6.29 Å². The van der Waals surface area contributed by atoms with Crippen LogP contribution in [0, 0.1) is 0 Å². The average molecular weight is 399 g/mol. The van der Waals surface area contributed by atoms with E-state index in [-0.39, 0.29) is 5.04 Å². The van der Waals surface area contributed by atoms with E-state index < -0.39 is 14.6 Å². The number of hydrogen-bond acceptors (Lipinski definition) is 2. The Hall–Kier alpha value is -0.123. The molecule has 0 aliphatic heterocycles. The van der Waals surface area contributed by atoms with Crippen LogP contribution in [0.3, 0.4) is 0 Å². The third-order valence-electron chi connectivity index (χ3n) is 5.95. The van der Waals surface area contributed by atoms with Crippen molar-refractivity contribution in [2.75, 3.05) is 0 Å². The number of hydrogen-bond donors (Lipinski definition) is 1. The molecule has 0 aromatic heterocycles. The Kier molecular flexibility index (Phi) is 15.7. The molecule has 0 radical (unpaired) electrons. The van der Waals surface area contributed by atoms with Crippen LogP contribution in [0.25, 0.3) is 0 Å². The van der Waals surface area contributed by atoms with Gasteiger partial charge >= 0.3 is 0 Å². The lowest BCUT2D eigenvalue weighted by Crippen LogP contribution is -2.43. The second-order valence-corrected chi connectivity index (χ2v) is 14.5. The molecule has 0 saturated carbocycles. The Morgan fingerprint density at radius 1 is 0.778 bits per heavy atom. The van der Waals surface area contributed by atoms with E-state index in [1.165, 1.54) is 77.0 Å². The molecule has 1 unspecified atom stereocenters. The molecule has 0 rings (SSSR count). The Balaban J connectivity index is 3.46. The number of allylic oxidation sites excluding steroid dienone is 2. The lowest BCUT2D eigenvalue weighted by Gasteiger charge is -2.37.